The lowest BCUT2D eigenvalue weighted by molar-refractivity contribution is -0.130. The van der Waals surface area contributed by atoms with E-state index in [1.807, 2.05) is 62.2 Å². The lowest BCUT2D eigenvalue weighted by Gasteiger charge is -2.20. The maximum Gasteiger partial charge on any atom is 0.293 e. The van der Waals surface area contributed by atoms with Crippen LogP contribution in [0, 0.1) is 5.92 Å². The average molecular weight is 527 g/mol. The fraction of sp³-hybridized carbons (Fsp3) is 0.548. The third-order valence-corrected chi connectivity index (χ3v) is 6.93. The van der Waals surface area contributed by atoms with Gasteiger partial charge in [-0.1, -0.05) is 57.2 Å². The summed E-state index contributed by atoms with van der Waals surface area (Å²) in [5.74, 6) is 2.69. The van der Waals surface area contributed by atoms with Crippen LogP contribution in [0.5, 0.6) is 11.5 Å². The Bertz CT molecular complexity index is 947. The van der Waals surface area contributed by atoms with Crippen molar-refractivity contribution in [2.75, 3.05) is 33.8 Å². The molecule has 2 fully saturated rings. The Labute approximate surface area is 228 Å². The van der Waals surface area contributed by atoms with E-state index in [4.69, 9.17) is 9.47 Å². The molecular weight excluding hydrogens is 480 g/mol. The van der Waals surface area contributed by atoms with Gasteiger partial charge in [-0.3, -0.25) is 9.59 Å². The Balaban J connectivity index is 0.000000353. The summed E-state index contributed by atoms with van der Waals surface area (Å²) in [4.78, 5) is 24.1. The second kappa shape index (κ2) is 17.4. The lowest BCUT2D eigenvalue weighted by Crippen LogP contribution is -2.30. The first-order valence-corrected chi connectivity index (χ1v) is 13.9. The third kappa shape index (κ3) is 9.67. The minimum Gasteiger partial charge on any atom is -0.493 e. The minimum absolute atomic E-state index is 0.240. The fourth-order valence-electron chi connectivity index (χ4n) is 4.90. The van der Waals surface area contributed by atoms with Gasteiger partial charge in [0.05, 0.1) is 13.2 Å². The molecule has 1 saturated heterocycles. The molecule has 2 aromatic carbocycles. The zero-order valence-corrected chi connectivity index (χ0v) is 23.8. The first-order valence-electron chi connectivity index (χ1n) is 13.9. The highest BCUT2D eigenvalue weighted by molar-refractivity contribution is 5.76. The molecule has 1 heterocycles. The number of nitrogens with one attached hydrogen (secondary N) is 1. The molecule has 1 N–H and O–H groups in total. The van der Waals surface area contributed by atoms with Crippen molar-refractivity contribution in [1.29, 1.82) is 0 Å². The molecule has 0 spiro atoms. The summed E-state index contributed by atoms with van der Waals surface area (Å²) < 4.78 is 16.3. The van der Waals surface area contributed by atoms with Crippen molar-refractivity contribution in [2.45, 2.75) is 71.5 Å². The number of benzene rings is 2. The molecule has 0 aromatic heterocycles. The van der Waals surface area contributed by atoms with E-state index in [0.29, 0.717) is 37.4 Å². The number of nitrogens with zero attached hydrogens (tertiary/aromatic N) is 1. The molecular formula is C31H46N2O5. The Morgan fingerprint density at radius 1 is 1.05 bits per heavy atom. The van der Waals surface area contributed by atoms with E-state index in [1.54, 1.807) is 7.11 Å². The van der Waals surface area contributed by atoms with E-state index in [9.17, 15) is 9.59 Å². The van der Waals surface area contributed by atoms with Crippen LogP contribution in [-0.2, 0) is 20.9 Å². The number of likely N-dealkylation sites (tertiary alicyclic amines) is 1. The van der Waals surface area contributed by atoms with E-state index >= 15 is 0 Å². The van der Waals surface area contributed by atoms with Gasteiger partial charge in [-0.05, 0) is 61.9 Å². The molecule has 1 aliphatic carbocycles. The summed E-state index contributed by atoms with van der Waals surface area (Å²) in [6, 6.07) is 15.8. The molecule has 38 heavy (non-hydrogen) atoms. The van der Waals surface area contributed by atoms with Crippen LogP contribution in [0.4, 0.5) is 0 Å². The highest BCUT2D eigenvalue weighted by atomic mass is 16.5. The average Bonchev–Trinajstić information content (AvgIpc) is 3.62. The standard InChI is InChI=1S/C21H32N2O3.C8H8O2.C2H6/c1-15-13-23(21(24)10-11-22-2)14-18(15)16-8-9-19(25-3)20(12-16)26-17-6-4-5-7-17;9-7-10-6-8-4-2-1-3-5-8;1-2/h8-9,12,15,17-18,22H,4-7,10-11,13-14H2,1-3H3;1-5,7H,6H2;1-2H3/t15-,18+;;/m0../s1. The second-order valence-corrected chi connectivity index (χ2v) is 9.56. The topological polar surface area (TPSA) is 77.1 Å². The number of carbonyl (C=O) groups excluding carboxylic acids is 2. The summed E-state index contributed by atoms with van der Waals surface area (Å²) >= 11 is 0. The van der Waals surface area contributed by atoms with Gasteiger partial charge in [0, 0.05) is 32.0 Å². The van der Waals surface area contributed by atoms with E-state index in [-0.39, 0.29) is 5.91 Å². The van der Waals surface area contributed by atoms with Crippen molar-refractivity contribution < 1.29 is 23.8 Å². The van der Waals surface area contributed by atoms with Crippen LogP contribution in [0.1, 0.15) is 69.9 Å². The third-order valence-electron chi connectivity index (χ3n) is 6.93. The molecule has 210 valence electrons. The molecule has 2 aromatic rings. The smallest absolute Gasteiger partial charge is 0.293 e. The monoisotopic (exact) mass is 526 g/mol. The maximum atomic E-state index is 12.4. The fourth-order valence-corrected chi connectivity index (χ4v) is 4.90. The van der Waals surface area contributed by atoms with Crippen molar-refractivity contribution >= 4 is 12.4 Å². The highest BCUT2D eigenvalue weighted by Crippen LogP contribution is 2.38. The number of ether oxygens (including phenoxy) is 3. The number of hydrogen-bond donors (Lipinski definition) is 1. The van der Waals surface area contributed by atoms with Crippen LogP contribution in [0.2, 0.25) is 0 Å². The Morgan fingerprint density at radius 3 is 2.39 bits per heavy atom. The zero-order valence-electron chi connectivity index (χ0n) is 23.8. The maximum absolute atomic E-state index is 12.4. The van der Waals surface area contributed by atoms with Crippen molar-refractivity contribution in [3.05, 3.63) is 59.7 Å². The van der Waals surface area contributed by atoms with Gasteiger partial charge >= 0.3 is 0 Å². The van der Waals surface area contributed by atoms with Crippen molar-refractivity contribution in [2.24, 2.45) is 5.92 Å². The van der Waals surface area contributed by atoms with Crippen LogP contribution >= 0.6 is 0 Å². The van der Waals surface area contributed by atoms with Gasteiger partial charge in [0.2, 0.25) is 5.91 Å². The van der Waals surface area contributed by atoms with Gasteiger partial charge in [0.25, 0.3) is 6.47 Å². The van der Waals surface area contributed by atoms with Crippen LogP contribution in [0.15, 0.2) is 48.5 Å². The summed E-state index contributed by atoms with van der Waals surface area (Å²) in [6.45, 7) is 9.41. The van der Waals surface area contributed by atoms with Crippen LogP contribution < -0.4 is 14.8 Å². The first-order chi connectivity index (χ1) is 18.5. The van der Waals surface area contributed by atoms with Crippen molar-refractivity contribution in [3.63, 3.8) is 0 Å². The number of carbonyl (C=O) groups is 2. The van der Waals surface area contributed by atoms with E-state index in [1.165, 1.54) is 18.4 Å². The van der Waals surface area contributed by atoms with Gasteiger partial charge in [-0.2, -0.15) is 0 Å². The Hall–Kier alpha value is -3.06. The molecule has 7 nitrogen and oxygen atoms in total. The van der Waals surface area contributed by atoms with Crippen molar-refractivity contribution in [3.8, 4) is 11.5 Å². The van der Waals surface area contributed by atoms with Crippen LogP contribution in [0.25, 0.3) is 0 Å². The first kappa shape index (κ1) is 31.2. The number of hydrogen-bond acceptors (Lipinski definition) is 6. The number of methoxy groups -OCH3 is 1. The number of amides is 1. The molecule has 0 radical (unpaired) electrons. The van der Waals surface area contributed by atoms with Crippen LogP contribution in [-0.4, -0.2) is 57.2 Å². The summed E-state index contributed by atoms with van der Waals surface area (Å²) in [7, 11) is 3.57. The zero-order chi connectivity index (χ0) is 27.8. The second-order valence-electron chi connectivity index (χ2n) is 9.56. The number of rotatable bonds is 10. The van der Waals surface area contributed by atoms with Crippen molar-refractivity contribution in [1.82, 2.24) is 10.2 Å². The minimum atomic E-state index is 0.240. The normalized spacial score (nSPS) is 18.5. The van der Waals surface area contributed by atoms with E-state index in [2.05, 4.69) is 29.1 Å². The molecule has 2 atom stereocenters. The molecule has 1 amide bonds. The van der Waals surface area contributed by atoms with E-state index < -0.39 is 0 Å². The summed E-state index contributed by atoms with van der Waals surface area (Å²) in [5.41, 5.74) is 2.25. The van der Waals surface area contributed by atoms with Gasteiger partial charge in [0.15, 0.2) is 11.5 Å². The van der Waals surface area contributed by atoms with Gasteiger partial charge in [-0.25, -0.2) is 0 Å². The largest absolute Gasteiger partial charge is 0.493 e. The molecule has 7 heteroatoms. The Morgan fingerprint density at radius 2 is 1.76 bits per heavy atom. The molecule has 2 aliphatic rings. The molecule has 0 unspecified atom stereocenters. The lowest BCUT2D eigenvalue weighted by atomic mass is 9.90. The van der Waals surface area contributed by atoms with Crippen LogP contribution in [0.3, 0.4) is 0 Å². The Kier molecular flexibility index (Phi) is 14.3. The van der Waals surface area contributed by atoms with E-state index in [0.717, 1.165) is 49.5 Å². The molecule has 4 rings (SSSR count). The van der Waals surface area contributed by atoms with Gasteiger partial charge in [0.1, 0.15) is 6.61 Å². The molecule has 1 aliphatic heterocycles. The molecule has 1 saturated carbocycles. The quantitative estimate of drug-likeness (QED) is 0.408. The van der Waals surface area contributed by atoms with Gasteiger partial charge in [-0.15, -0.1) is 0 Å². The SMILES string of the molecule is CC.CNCCC(=O)N1C[C@H](C)[C@H](c2ccc(OC)c(OC3CCCC3)c2)C1.O=COCc1ccccc1. The highest BCUT2D eigenvalue weighted by Gasteiger charge is 2.33. The predicted molar refractivity (Wildman–Crippen MR) is 152 cm³/mol. The summed E-state index contributed by atoms with van der Waals surface area (Å²) in [5, 5.41) is 3.05. The predicted octanol–water partition coefficient (Wildman–Crippen LogP) is 5.57. The summed E-state index contributed by atoms with van der Waals surface area (Å²) in [6.07, 6.45) is 5.61. The molecule has 0 bridgehead atoms. The van der Waals surface area contributed by atoms with Gasteiger partial charge < -0.3 is 24.4 Å².